The molecule has 1 saturated heterocycles. The Morgan fingerprint density at radius 2 is 1.64 bits per heavy atom. The second kappa shape index (κ2) is 9.38. The van der Waals surface area contributed by atoms with Gasteiger partial charge in [0.2, 0.25) is 5.91 Å². The van der Waals surface area contributed by atoms with Crippen molar-refractivity contribution in [1.29, 1.82) is 0 Å². The molecule has 1 unspecified atom stereocenters. The smallest absolute Gasteiger partial charge is 0.236 e. The van der Waals surface area contributed by atoms with Gasteiger partial charge in [-0.2, -0.15) is 0 Å². The fourth-order valence-corrected chi connectivity index (χ4v) is 5.09. The summed E-state index contributed by atoms with van der Waals surface area (Å²) in [4.78, 5) is 15.1. The number of hydrogen-bond donors (Lipinski definition) is 1. The van der Waals surface area contributed by atoms with Crippen LogP contribution in [0, 0.1) is 0 Å². The highest BCUT2D eigenvalue weighted by Gasteiger charge is 2.43. The Balaban J connectivity index is 1.24. The second-order valence-corrected chi connectivity index (χ2v) is 8.82. The van der Waals surface area contributed by atoms with Crippen molar-refractivity contribution in [3.05, 3.63) is 101 Å². The number of amides is 1. The van der Waals surface area contributed by atoms with E-state index in [1.165, 1.54) is 11.1 Å². The van der Waals surface area contributed by atoms with Crippen molar-refractivity contribution < 1.29 is 14.3 Å². The number of nitrogens with zero attached hydrogens (tertiary/aromatic N) is 1. The van der Waals surface area contributed by atoms with Gasteiger partial charge >= 0.3 is 0 Å². The fraction of sp³-hybridized carbons (Fsp3) is 0.321. The van der Waals surface area contributed by atoms with Gasteiger partial charge in [-0.25, -0.2) is 0 Å². The number of likely N-dealkylation sites (tertiary alicyclic amines) is 1. The number of hydrogen-bond acceptors (Lipinski definition) is 4. The molecule has 1 N–H and O–H groups in total. The zero-order chi connectivity index (χ0) is 22.7. The predicted molar refractivity (Wildman–Crippen MR) is 128 cm³/mol. The van der Waals surface area contributed by atoms with Crippen LogP contribution in [-0.2, 0) is 21.7 Å². The van der Waals surface area contributed by atoms with Gasteiger partial charge in [0, 0.05) is 13.1 Å². The van der Waals surface area contributed by atoms with Crippen molar-refractivity contribution in [1.82, 2.24) is 10.2 Å². The number of carbonyl (C=O) groups is 1. The lowest BCUT2D eigenvalue weighted by Gasteiger charge is -2.39. The molecule has 0 aliphatic carbocycles. The molecule has 0 aromatic heterocycles. The average Bonchev–Trinajstić information content (AvgIpc) is 3.23. The summed E-state index contributed by atoms with van der Waals surface area (Å²) in [6.45, 7) is 2.39. The van der Waals surface area contributed by atoms with Crippen LogP contribution in [0.4, 0.5) is 0 Å². The van der Waals surface area contributed by atoms with Crippen LogP contribution in [0.1, 0.15) is 41.1 Å². The van der Waals surface area contributed by atoms with Crippen LogP contribution in [0.3, 0.4) is 0 Å². The highest BCUT2D eigenvalue weighted by atomic mass is 16.5. The molecule has 1 amide bonds. The maximum Gasteiger partial charge on any atom is 0.236 e. The van der Waals surface area contributed by atoms with Crippen molar-refractivity contribution in [2.24, 2.45) is 0 Å². The Kier molecular flexibility index (Phi) is 6.16. The summed E-state index contributed by atoms with van der Waals surface area (Å²) >= 11 is 0. The minimum absolute atomic E-state index is 0.0674. The maximum absolute atomic E-state index is 13.1. The minimum atomic E-state index is -0.226. The third kappa shape index (κ3) is 4.39. The summed E-state index contributed by atoms with van der Waals surface area (Å²) in [5.74, 6) is 0.949. The topological polar surface area (TPSA) is 50.8 Å². The van der Waals surface area contributed by atoms with Crippen LogP contribution in [0.5, 0.6) is 5.75 Å². The van der Waals surface area contributed by atoms with Crippen LogP contribution in [0.15, 0.2) is 78.9 Å². The molecule has 1 spiro atoms. The quantitative estimate of drug-likeness (QED) is 0.614. The van der Waals surface area contributed by atoms with Gasteiger partial charge in [0.1, 0.15) is 5.75 Å². The molecule has 170 valence electrons. The summed E-state index contributed by atoms with van der Waals surface area (Å²) in [7, 11) is 1.67. The highest BCUT2D eigenvalue weighted by molar-refractivity contribution is 5.78. The molecule has 5 rings (SSSR count). The van der Waals surface area contributed by atoms with Crippen molar-refractivity contribution in [3.8, 4) is 5.75 Å². The van der Waals surface area contributed by atoms with Crippen molar-refractivity contribution in [2.75, 3.05) is 26.7 Å². The van der Waals surface area contributed by atoms with Gasteiger partial charge in [-0.3, -0.25) is 10.1 Å². The van der Waals surface area contributed by atoms with E-state index in [1.807, 2.05) is 47.4 Å². The lowest BCUT2D eigenvalue weighted by Crippen LogP contribution is -2.48. The molecule has 33 heavy (non-hydrogen) atoms. The number of rotatable bonds is 6. The zero-order valence-corrected chi connectivity index (χ0v) is 19.0. The fourth-order valence-electron chi connectivity index (χ4n) is 5.09. The second-order valence-electron chi connectivity index (χ2n) is 8.82. The summed E-state index contributed by atoms with van der Waals surface area (Å²) in [6.07, 6.45) is 1.69. The summed E-state index contributed by atoms with van der Waals surface area (Å²) in [6, 6.07) is 26.7. The first-order chi connectivity index (χ1) is 16.2. The number of carbonyl (C=O) groups excluding carboxylic acids is 1. The van der Waals surface area contributed by atoms with Gasteiger partial charge in [0.15, 0.2) is 0 Å². The first kappa shape index (κ1) is 21.7. The monoisotopic (exact) mass is 442 g/mol. The SMILES string of the molecule is COc1ccc(C(NCC(=O)N2CCC3(CC2)OCc2ccccc23)c2ccccc2)cc1. The Hall–Kier alpha value is -3.15. The van der Waals surface area contributed by atoms with E-state index >= 15 is 0 Å². The molecule has 2 aliphatic heterocycles. The first-order valence-electron chi connectivity index (χ1n) is 11.6. The Labute approximate surface area is 195 Å². The number of ether oxygens (including phenoxy) is 2. The lowest BCUT2D eigenvalue weighted by atomic mass is 9.84. The largest absolute Gasteiger partial charge is 0.497 e. The molecule has 2 heterocycles. The summed E-state index contributed by atoms with van der Waals surface area (Å²) in [5.41, 5.74) is 4.59. The van der Waals surface area contributed by atoms with Crippen molar-refractivity contribution >= 4 is 5.91 Å². The van der Waals surface area contributed by atoms with Gasteiger partial charge in [0.05, 0.1) is 31.9 Å². The molecule has 0 saturated carbocycles. The van der Waals surface area contributed by atoms with Gasteiger partial charge in [-0.05, 0) is 47.2 Å². The van der Waals surface area contributed by atoms with Gasteiger partial charge in [-0.1, -0.05) is 66.7 Å². The van der Waals surface area contributed by atoms with Crippen LogP contribution < -0.4 is 10.1 Å². The molecule has 0 bridgehead atoms. The molecule has 1 atom stereocenters. The van der Waals surface area contributed by atoms with E-state index in [-0.39, 0.29) is 24.1 Å². The molecule has 2 aliphatic rings. The third-order valence-electron chi connectivity index (χ3n) is 6.98. The highest BCUT2D eigenvalue weighted by Crippen LogP contribution is 2.43. The number of methoxy groups -OCH3 is 1. The lowest BCUT2D eigenvalue weighted by molar-refractivity contribution is -0.137. The van der Waals surface area contributed by atoms with E-state index in [0.29, 0.717) is 19.7 Å². The normalized spacial score (nSPS) is 17.5. The molecule has 5 nitrogen and oxygen atoms in total. The van der Waals surface area contributed by atoms with E-state index in [0.717, 1.165) is 29.7 Å². The number of fused-ring (bicyclic) bond motifs is 2. The molecule has 3 aromatic carbocycles. The van der Waals surface area contributed by atoms with E-state index in [4.69, 9.17) is 9.47 Å². The van der Waals surface area contributed by atoms with E-state index in [1.54, 1.807) is 7.11 Å². The molecular weight excluding hydrogens is 412 g/mol. The van der Waals surface area contributed by atoms with E-state index < -0.39 is 0 Å². The number of piperidine rings is 1. The Morgan fingerprint density at radius 1 is 0.970 bits per heavy atom. The van der Waals surface area contributed by atoms with Crippen LogP contribution in [0.25, 0.3) is 0 Å². The van der Waals surface area contributed by atoms with E-state index in [9.17, 15) is 4.79 Å². The van der Waals surface area contributed by atoms with E-state index in [2.05, 4.69) is 41.7 Å². The number of benzene rings is 3. The maximum atomic E-state index is 13.1. The first-order valence-corrected chi connectivity index (χ1v) is 11.6. The van der Waals surface area contributed by atoms with Crippen LogP contribution in [0.2, 0.25) is 0 Å². The van der Waals surface area contributed by atoms with Crippen molar-refractivity contribution in [2.45, 2.75) is 31.1 Å². The van der Waals surface area contributed by atoms with Gasteiger partial charge in [0.25, 0.3) is 0 Å². The standard InChI is InChI=1S/C28H30N2O3/c1-32-24-13-11-22(12-14-24)27(21-7-3-2-4-8-21)29-19-26(31)30-17-15-28(16-18-30)25-10-6-5-9-23(25)20-33-28/h2-14,27,29H,15-20H2,1H3. The summed E-state index contributed by atoms with van der Waals surface area (Å²) < 4.78 is 11.6. The Bertz CT molecular complexity index is 1090. The van der Waals surface area contributed by atoms with Crippen LogP contribution in [-0.4, -0.2) is 37.6 Å². The molecular formula is C28H30N2O3. The summed E-state index contributed by atoms with van der Waals surface area (Å²) in [5, 5.41) is 3.50. The van der Waals surface area contributed by atoms with Gasteiger partial charge in [-0.15, -0.1) is 0 Å². The number of nitrogens with one attached hydrogen (secondary N) is 1. The molecule has 1 fully saturated rings. The van der Waals surface area contributed by atoms with Crippen LogP contribution >= 0.6 is 0 Å². The molecule has 5 heteroatoms. The van der Waals surface area contributed by atoms with Gasteiger partial charge < -0.3 is 14.4 Å². The molecule has 0 radical (unpaired) electrons. The van der Waals surface area contributed by atoms with Crippen molar-refractivity contribution in [3.63, 3.8) is 0 Å². The third-order valence-corrected chi connectivity index (χ3v) is 6.98. The zero-order valence-electron chi connectivity index (χ0n) is 19.0. The molecule has 3 aromatic rings. The minimum Gasteiger partial charge on any atom is -0.497 e. The predicted octanol–water partition coefficient (Wildman–Crippen LogP) is 4.42. The Morgan fingerprint density at radius 3 is 2.36 bits per heavy atom. The average molecular weight is 443 g/mol.